The van der Waals surface area contributed by atoms with Gasteiger partial charge in [0.05, 0.1) is 5.04 Å². The van der Waals surface area contributed by atoms with Crippen LogP contribution in [-0.4, -0.2) is 15.7 Å². The molecule has 0 saturated heterocycles. The van der Waals surface area contributed by atoms with E-state index in [0.717, 1.165) is 5.04 Å². The van der Waals surface area contributed by atoms with Gasteiger partial charge in [0.2, 0.25) is 0 Å². The third kappa shape index (κ3) is 6.87. The summed E-state index contributed by atoms with van der Waals surface area (Å²) in [5.74, 6) is -0.0424. The minimum atomic E-state index is -0.408. The van der Waals surface area contributed by atoms with Crippen LogP contribution in [0, 0.1) is 10.8 Å². The van der Waals surface area contributed by atoms with Gasteiger partial charge < -0.3 is 0 Å². The molecule has 0 aliphatic heterocycles. The summed E-state index contributed by atoms with van der Waals surface area (Å²) in [7, 11) is 0. The van der Waals surface area contributed by atoms with Crippen LogP contribution in [0.1, 0.15) is 62.3 Å². The van der Waals surface area contributed by atoms with Gasteiger partial charge in [0.15, 0.2) is 0 Å². The minimum absolute atomic E-state index is 0.0424. The molecule has 0 aliphatic rings. The van der Waals surface area contributed by atoms with E-state index in [9.17, 15) is 4.79 Å². The van der Waals surface area contributed by atoms with Crippen molar-refractivity contribution >= 4 is 22.7 Å². The van der Waals surface area contributed by atoms with Crippen LogP contribution >= 0.6 is 11.8 Å². The smallest absolute Gasteiger partial charge is 0.251 e. The Bertz CT molecular complexity index is 311. The molecule has 0 spiro atoms. The predicted octanol–water partition coefficient (Wildman–Crippen LogP) is 4.54. The Morgan fingerprint density at radius 1 is 0.824 bits per heavy atom. The standard InChI is InChI=1S/C14H27NOS/c1-12(2,3)10(16)15-11(13(4,5)6)17-14(7,8)9/h1-9H3/b15-11+. The van der Waals surface area contributed by atoms with Crippen LogP contribution < -0.4 is 0 Å². The first-order valence-electron chi connectivity index (χ1n) is 6.06. The van der Waals surface area contributed by atoms with Crippen LogP contribution in [0.15, 0.2) is 4.99 Å². The maximum Gasteiger partial charge on any atom is 0.251 e. The topological polar surface area (TPSA) is 29.4 Å². The summed E-state index contributed by atoms with van der Waals surface area (Å²) in [4.78, 5) is 16.4. The van der Waals surface area contributed by atoms with Gasteiger partial charge in [-0.05, 0) is 0 Å². The van der Waals surface area contributed by atoms with Gasteiger partial charge in [-0.25, -0.2) is 4.99 Å². The Hall–Kier alpha value is -0.310. The van der Waals surface area contributed by atoms with E-state index in [1.54, 1.807) is 11.8 Å². The highest BCUT2D eigenvalue weighted by molar-refractivity contribution is 8.15. The zero-order valence-corrected chi connectivity index (χ0v) is 13.6. The van der Waals surface area contributed by atoms with Crippen molar-refractivity contribution in [2.75, 3.05) is 0 Å². The van der Waals surface area contributed by atoms with E-state index in [1.807, 2.05) is 20.8 Å². The number of aliphatic imine (C=N–C) groups is 1. The SMILES string of the molecule is CC(C)(C)S/C(=N/C(=O)C(C)(C)C)C(C)(C)C. The van der Waals surface area contributed by atoms with Crippen LogP contribution in [0.3, 0.4) is 0 Å². The van der Waals surface area contributed by atoms with Crippen molar-refractivity contribution in [2.45, 2.75) is 67.1 Å². The molecule has 1 amide bonds. The second-order valence-electron chi connectivity index (χ2n) is 7.44. The number of hydrogen-bond acceptors (Lipinski definition) is 2. The van der Waals surface area contributed by atoms with E-state index >= 15 is 0 Å². The van der Waals surface area contributed by atoms with Crippen molar-refractivity contribution in [3.63, 3.8) is 0 Å². The molecule has 100 valence electrons. The molecule has 0 fully saturated rings. The fourth-order valence-corrected chi connectivity index (χ4v) is 1.91. The third-order valence-electron chi connectivity index (χ3n) is 1.89. The van der Waals surface area contributed by atoms with Crippen molar-refractivity contribution in [3.05, 3.63) is 0 Å². The fourth-order valence-electron chi connectivity index (χ4n) is 0.894. The molecule has 17 heavy (non-hydrogen) atoms. The first-order valence-corrected chi connectivity index (χ1v) is 6.88. The van der Waals surface area contributed by atoms with Gasteiger partial charge in [-0.1, -0.05) is 62.3 Å². The van der Waals surface area contributed by atoms with E-state index in [4.69, 9.17) is 0 Å². The molecule has 0 saturated carbocycles. The number of rotatable bonds is 0. The molecule has 0 atom stereocenters. The van der Waals surface area contributed by atoms with E-state index < -0.39 is 5.41 Å². The van der Waals surface area contributed by atoms with Gasteiger partial charge in [0.25, 0.3) is 5.91 Å². The van der Waals surface area contributed by atoms with E-state index in [2.05, 4.69) is 46.5 Å². The Morgan fingerprint density at radius 3 is 1.47 bits per heavy atom. The van der Waals surface area contributed by atoms with Gasteiger partial charge >= 0.3 is 0 Å². The van der Waals surface area contributed by atoms with E-state index in [0.29, 0.717) is 0 Å². The largest absolute Gasteiger partial charge is 0.272 e. The number of thioether (sulfide) groups is 1. The Balaban J connectivity index is 5.23. The second kappa shape index (κ2) is 5.13. The first-order chi connectivity index (χ1) is 7.23. The molecule has 0 rings (SSSR count). The summed E-state index contributed by atoms with van der Waals surface area (Å²) in [6.07, 6.45) is 0. The van der Waals surface area contributed by atoms with Crippen molar-refractivity contribution in [3.8, 4) is 0 Å². The molecule has 0 aromatic heterocycles. The van der Waals surface area contributed by atoms with Crippen molar-refractivity contribution in [1.29, 1.82) is 0 Å². The van der Waals surface area contributed by atoms with Crippen LogP contribution in [0.25, 0.3) is 0 Å². The first kappa shape index (κ1) is 16.7. The van der Waals surface area contributed by atoms with Crippen LogP contribution in [0.2, 0.25) is 0 Å². The maximum absolute atomic E-state index is 12.0. The summed E-state index contributed by atoms with van der Waals surface area (Å²) < 4.78 is 0.0737. The Labute approximate surface area is 111 Å². The van der Waals surface area contributed by atoms with Gasteiger partial charge in [-0.2, -0.15) is 0 Å². The minimum Gasteiger partial charge on any atom is -0.272 e. The molecule has 0 aromatic rings. The van der Waals surface area contributed by atoms with Gasteiger partial charge in [-0.15, -0.1) is 11.8 Å². The molecular formula is C14H27NOS. The van der Waals surface area contributed by atoms with Crippen molar-refractivity contribution in [2.24, 2.45) is 15.8 Å². The average molecular weight is 257 g/mol. The molecule has 2 nitrogen and oxygen atoms in total. The third-order valence-corrected chi connectivity index (χ3v) is 3.40. The summed E-state index contributed by atoms with van der Waals surface area (Å²) in [6, 6.07) is 0. The molecule has 0 aliphatic carbocycles. The lowest BCUT2D eigenvalue weighted by atomic mass is 9.95. The second-order valence-corrected chi connectivity index (χ2v) is 9.25. The molecule has 0 N–H and O–H groups in total. The lowest BCUT2D eigenvalue weighted by Crippen LogP contribution is -2.27. The van der Waals surface area contributed by atoms with Crippen molar-refractivity contribution in [1.82, 2.24) is 0 Å². The predicted molar refractivity (Wildman–Crippen MR) is 78.7 cm³/mol. The molecule has 3 heteroatoms. The molecule has 0 bridgehead atoms. The number of carbonyl (C=O) groups is 1. The molecule has 0 heterocycles. The Kier molecular flexibility index (Phi) is 5.04. The quantitative estimate of drug-likeness (QED) is 0.471. The Morgan fingerprint density at radius 2 is 1.24 bits per heavy atom. The van der Waals surface area contributed by atoms with Crippen LogP contribution in [0.5, 0.6) is 0 Å². The molecule has 0 radical (unpaired) electrons. The summed E-state index contributed by atoms with van der Waals surface area (Å²) in [5, 5.41) is 0.921. The van der Waals surface area contributed by atoms with Crippen molar-refractivity contribution < 1.29 is 4.79 Å². The van der Waals surface area contributed by atoms with Gasteiger partial charge in [0.1, 0.15) is 0 Å². The lowest BCUT2D eigenvalue weighted by molar-refractivity contribution is -0.124. The van der Waals surface area contributed by atoms with E-state index in [1.165, 1.54) is 0 Å². The number of carbonyl (C=O) groups excluding carboxylic acids is 1. The summed E-state index contributed by atoms with van der Waals surface area (Å²) >= 11 is 1.68. The molecule has 0 unspecified atom stereocenters. The molecule has 0 aromatic carbocycles. The van der Waals surface area contributed by atoms with Gasteiger partial charge in [-0.3, -0.25) is 4.79 Å². The zero-order chi connectivity index (χ0) is 14.1. The highest BCUT2D eigenvalue weighted by Crippen LogP contribution is 2.34. The molecular weight excluding hydrogens is 230 g/mol. The fraction of sp³-hybridized carbons (Fsp3) is 0.857. The highest BCUT2D eigenvalue weighted by Gasteiger charge is 2.29. The lowest BCUT2D eigenvalue weighted by Gasteiger charge is -2.28. The van der Waals surface area contributed by atoms with Gasteiger partial charge in [0, 0.05) is 15.6 Å². The van der Waals surface area contributed by atoms with Crippen LogP contribution in [-0.2, 0) is 4.79 Å². The zero-order valence-electron chi connectivity index (χ0n) is 12.8. The number of hydrogen-bond donors (Lipinski definition) is 0. The normalized spacial score (nSPS) is 15.0. The maximum atomic E-state index is 12.0. The average Bonchev–Trinajstić information content (AvgIpc) is 1.96. The summed E-state index contributed by atoms with van der Waals surface area (Å²) in [5.41, 5.74) is -0.492. The monoisotopic (exact) mass is 257 g/mol. The number of nitrogens with zero attached hydrogens (tertiary/aromatic N) is 1. The highest BCUT2D eigenvalue weighted by atomic mass is 32.2. The summed E-state index contributed by atoms with van der Waals surface area (Å²) in [6.45, 7) is 18.4. The number of amides is 1. The van der Waals surface area contributed by atoms with E-state index in [-0.39, 0.29) is 16.1 Å². The van der Waals surface area contributed by atoms with Crippen LogP contribution in [0.4, 0.5) is 0 Å².